The Morgan fingerprint density at radius 2 is 1.82 bits per heavy atom. The third-order valence-corrected chi connectivity index (χ3v) is 6.95. The Balaban J connectivity index is 1.30. The van der Waals surface area contributed by atoms with Crippen molar-refractivity contribution >= 4 is 28.8 Å². The molecule has 0 saturated carbocycles. The molecule has 0 aliphatic carbocycles. The molecule has 0 N–H and O–H groups in total. The first-order valence-corrected chi connectivity index (χ1v) is 12.3. The average molecular weight is 471 g/mol. The van der Waals surface area contributed by atoms with E-state index < -0.39 is 0 Å². The van der Waals surface area contributed by atoms with E-state index in [1.807, 2.05) is 88.9 Å². The second-order valence-electron chi connectivity index (χ2n) is 8.50. The number of hydrogen-bond donors (Lipinski definition) is 0. The number of likely N-dealkylation sites (N-methyl/N-ethyl adjacent to an activating group) is 1. The quantitative estimate of drug-likeness (QED) is 0.385. The van der Waals surface area contributed by atoms with Gasteiger partial charge in [0.15, 0.2) is 0 Å². The Labute approximate surface area is 203 Å². The minimum atomic E-state index is 0.0367. The normalized spacial score (nSPS) is 13.4. The Bertz CT molecular complexity index is 1280. The van der Waals surface area contributed by atoms with Crippen molar-refractivity contribution in [3.63, 3.8) is 0 Å². The van der Waals surface area contributed by atoms with Crippen LogP contribution in [-0.4, -0.2) is 40.1 Å². The molecule has 2 aromatic carbocycles. The lowest BCUT2D eigenvalue weighted by atomic mass is 10.1. The van der Waals surface area contributed by atoms with Crippen molar-refractivity contribution in [1.29, 1.82) is 0 Å². The standard InChI is InChI=1S/C27H26N4O2S/c1-29(26(33)17-20-11-13-22(14-12-20)30-15-5-10-25(30)32)18-21-19-31(23-7-3-2-4-8-23)28-27(21)24-9-6-16-34-24/h2-4,6-9,11-14,16,19H,5,10,15,17-18H2,1H3. The molecule has 6 nitrogen and oxygen atoms in total. The molecular formula is C27H26N4O2S. The molecule has 0 bridgehead atoms. The van der Waals surface area contributed by atoms with Gasteiger partial charge in [0.05, 0.1) is 17.0 Å². The maximum Gasteiger partial charge on any atom is 0.227 e. The van der Waals surface area contributed by atoms with Crippen LogP contribution in [0.2, 0.25) is 0 Å². The van der Waals surface area contributed by atoms with E-state index >= 15 is 0 Å². The summed E-state index contributed by atoms with van der Waals surface area (Å²) in [4.78, 5) is 29.6. The molecule has 1 aliphatic rings. The number of carbonyl (C=O) groups is 2. The summed E-state index contributed by atoms with van der Waals surface area (Å²) >= 11 is 1.64. The molecule has 3 heterocycles. The van der Waals surface area contributed by atoms with Gasteiger partial charge >= 0.3 is 0 Å². The van der Waals surface area contributed by atoms with Crippen molar-refractivity contribution in [1.82, 2.24) is 14.7 Å². The molecule has 1 aliphatic heterocycles. The lowest BCUT2D eigenvalue weighted by molar-refractivity contribution is -0.129. The lowest BCUT2D eigenvalue weighted by Gasteiger charge is -2.18. The molecule has 1 saturated heterocycles. The van der Waals surface area contributed by atoms with Crippen LogP contribution in [-0.2, 0) is 22.6 Å². The number of amides is 2. The van der Waals surface area contributed by atoms with E-state index in [2.05, 4.69) is 6.07 Å². The zero-order valence-corrected chi connectivity index (χ0v) is 19.9. The van der Waals surface area contributed by atoms with Crippen LogP contribution in [0, 0.1) is 0 Å². The molecule has 2 aromatic heterocycles. The van der Waals surface area contributed by atoms with Crippen molar-refractivity contribution in [3.8, 4) is 16.3 Å². The highest BCUT2D eigenvalue weighted by molar-refractivity contribution is 7.13. The highest BCUT2D eigenvalue weighted by Gasteiger charge is 2.22. The van der Waals surface area contributed by atoms with E-state index in [-0.39, 0.29) is 11.8 Å². The van der Waals surface area contributed by atoms with E-state index in [1.165, 1.54) is 0 Å². The number of anilines is 1. The first kappa shape index (κ1) is 22.1. The summed E-state index contributed by atoms with van der Waals surface area (Å²) in [6.45, 7) is 1.24. The van der Waals surface area contributed by atoms with Crippen LogP contribution in [0.4, 0.5) is 5.69 Å². The van der Waals surface area contributed by atoms with E-state index in [9.17, 15) is 9.59 Å². The molecule has 34 heavy (non-hydrogen) atoms. The maximum absolute atomic E-state index is 13.0. The molecule has 172 valence electrons. The van der Waals surface area contributed by atoms with Gasteiger partial charge in [0.25, 0.3) is 0 Å². The fourth-order valence-corrected chi connectivity index (χ4v) is 4.97. The number of rotatable bonds is 7. The van der Waals surface area contributed by atoms with Crippen molar-refractivity contribution in [3.05, 3.63) is 89.4 Å². The SMILES string of the molecule is CN(Cc1cn(-c2ccccc2)nc1-c1cccs1)C(=O)Cc1ccc(N2CCCC2=O)cc1. The predicted octanol–water partition coefficient (Wildman–Crippen LogP) is 4.93. The van der Waals surface area contributed by atoms with Crippen LogP contribution in [0.1, 0.15) is 24.0 Å². The van der Waals surface area contributed by atoms with Crippen molar-refractivity contribution in [2.24, 2.45) is 0 Å². The number of thiophene rings is 1. The van der Waals surface area contributed by atoms with Crippen LogP contribution >= 0.6 is 11.3 Å². The topological polar surface area (TPSA) is 58.4 Å². The molecule has 0 radical (unpaired) electrons. The van der Waals surface area contributed by atoms with Gasteiger partial charge in [-0.05, 0) is 47.7 Å². The monoisotopic (exact) mass is 470 g/mol. The Morgan fingerprint density at radius 1 is 1.03 bits per heavy atom. The summed E-state index contributed by atoms with van der Waals surface area (Å²) in [7, 11) is 1.83. The molecule has 0 spiro atoms. The van der Waals surface area contributed by atoms with E-state index in [1.54, 1.807) is 16.2 Å². The van der Waals surface area contributed by atoms with Crippen molar-refractivity contribution in [2.45, 2.75) is 25.8 Å². The fraction of sp³-hybridized carbons (Fsp3) is 0.222. The van der Waals surface area contributed by atoms with Gasteiger partial charge in [-0.2, -0.15) is 5.10 Å². The lowest BCUT2D eigenvalue weighted by Crippen LogP contribution is -2.28. The highest BCUT2D eigenvalue weighted by Crippen LogP contribution is 2.29. The minimum absolute atomic E-state index is 0.0367. The van der Waals surface area contributed by atoms with Crippen LogP contribution in [0.3, 0.4) is 0 Å². The number of carbonyl (C=O) groups excluding carboxylic acids is 2. The fourth-order valence-electron chi connectivity index (χ4n) is 4.23. The van der Waals surface area contributed by atoms with Crippen molar-refractivity contribution < 1.29 is 9.59 Å². The number of hydrogen-bond acceptors (Lipinski definition) is 4. The first-order valence-electron chi connectivity index (χ1n) is 11.4. The Hall–Kier alpha value is -3.71. The zero-order chi connectivity index (χ0) is 23.5. The summed E-state index contributed by atoms with van der Waals surface area (Å²) in [5, 5.41) is 6.87. The predicted molar refractivity (Wildman–Crippen MR) is 135 cm³/mol. The molecule has 0 atom stereocenters. The van der Waals surface area contributed by atoms with E-state index in [0.717, 1.165) is 46.0 Å². The van der Waals surface area contributed by atoms with Crippen LogP contribution in [0.25, 0.3) is 16.3 Å². The Morgan fingerprint density at radius 3 is 2.50 bits per heavy atom. The number of aromatic nitrogens is 2. The van der Waals surface area contributed by atoms with Gasteiger partial charge in [0, 0.05) is 44.0 Å². The second-order valence-corrected chi connectivity index (χ2v) is 9.45. The van der Waals surface area contributed by atoms with Gasteiger partial charge in [-0.3, -0.25) is 9.59 Å². The minimum Gasteiger partial charge on any atom is -0.341 e. The summed E-state index contributed by atoms with van der Waals surface area (Å²) < 4.78 is 1.88. The zero-order valence-electron chi connectivity index (χ0n) is 19.1. The highest BCUT2D eigenvalue weighted by atomic mass is 32.1. The van der Waals surface area contributed by atoms with Crippen molar-refractivity contribution in [2.75, 3.05) is 18.5 Å². The molecule has 0 unspecified atom stereocenters. The largest absolute Gasteiger partial charge is 0.341 e. The van der Waals surface area contributed by atoms with Crippen LogP contribution < -0.4 is 4.90 Å². The van der Waals surface area contributed by atoms with Crippen LogP contribution in [0.15, 0.2) is 78.3 Å². The van der Waals surface area contributed by atoms with Gasteiger partial charge in [0.1, 0.15) is 5.69 Å². The summed E-state index contributed by atoms with van der Waals surface area (Å²) in [5.74, 6) is 0.204. The van der Waals surface area contributed by atoms with Gasteiger partial charge in [-0.25, -0.2) is 4.68 Å². The number of para-hydroxylation sites is 1. The molecule has 5 rings (SSSR count). The van der Waals surface area contributed by atoms with Gasteiger partial charge in [-0.1, -0.05) is 36.4 Å². The third-order valence-electron chi connectivity index (χ3n) is 6.08. The van der Waals surface area contributed by atoms with Gasteiger partial charge in [0.2, 0.25) is 11.8 Å². The number of nitrogens with zero attached hydrogens (tertiary/aromatic N) is 4. The molecular weight excluding hydrogens is 444 g/mol. The summed E-state index contributed by atoms with van der Waals surface area (Å²) in [6, 6.07) is 21.8. The average Bonchev–Trinajstić information content (AvgIpc) is 3.61. The second kappa shape index (κ2) is 9.65. The molecule has 7 heteroatoms. The first-order chi connectivity index (χ1) is 16.6. The van der Waals surface area contributed by atoms with Crippen LogP contribution in [0.5, 0.6) is 0 Å². The molecule has 1 fully saturated rings. The summed E-state index contributed by atoms with van der Waals surface area (Å²) in [6.07, 6.45) is 3.83. The van der Waals surface area contributed by atoms with Gasteiger partial charge in [-0.15, -0.1) is 11.3 Å². The molecule has 2 amide bonds. The van der Waals surface area contributed by atoms with E-state index in [4.69, 9.17) is 5.10 Å². The summed E-state index contributed by atoms with van der Waals surface area (Å²) in [5.41, 5.74) is 4.73. The molecule has 4 aromatic rings. The maximum atomic E-state index is 13.0. The van der Waals surface area contributed by atoms with E-state index in [0.29, 0.717) is 19.4 Å². The third kappa shape index (κ3) is 4.65. The van der Waals surface area contributed by atoms with Gasteiger partial charge < -0.3 is 9.80 Å². The number of benzene rings is 2. The smallest absolute Gasteiger partial charge is 0.227 e. The Kier molecular flexibility index (Phi) is 6.27.